The minimum atomic E-state index is -0.411. The summed E-state index contributed by atoms with van der Waals surface area (Å²) in [6, 6.07) is 7.28. The first-order valence-electron chi connectivity index (χ1n) is 8.57. The quantitative estimate of drug-likeness (QED) is 0.690. The Kier molecular flexibility index (Phi) is 9.16. The van der Waals surface area contributed by atoms with Crippen molar-refractivity contribution >= 4 is 24.2 Å². The summed E-state index contributed by atoms with van der Waals surface area (Å²) in [7, 11) is 0. The lowest BCUT2D eigenvalue weighted by Gasteiger charge is -2.31. The molecule has 0 unspecified atom stereocenters. The molecule has 6 heteroatoms. The Hall–Kier alpha value is -1.59. The first kappa shape index (κ1) is 23.4. The molecule has 4 N–H and O–H groups in total. The molecule has 0 aliphatic heterocycles. The molecular weight excluding hydrogens is 338 g/mol. The second-order valence-electron chi connectivity index (χ2n) is 7.28. The standard InChI is InChI=1S/C19H31N3O2.ClH/c1-6-19(7-2,13-20)22-16(23)15-10-8-14(9-11-15)12-21-17(24)18(3,4)5;/h8-11H,6-7,12-13,20H2,1-5H3,(H,21,24)(H,22,23);1H. The topological polar surface area (TPSA) is 84.2 Å². The van der Waals surface area contributed by atoms with Crippen LogP contribution in [-0.4, -0.2) is 23.9 Å². The highest BCUT2D eigenvalue weighted by molar-refractivity contribution is 5.94. The third-order valence-electron chi connectivity index (χ3n) is 4.47. The van der Waals surface area contributed by atoms with Crippen LogP contribution in [0, 0.1) is 5.41 Å². The van der Waals surface area contributed by atoms with Crippen LogP contribution in [0.3, 0.4) is 0 Å². The van der Waals surface area contributed by atoms with E-state index in [2.05, 4.69) is 10.6 Å². The zero-order valence-electron chi connectivity index (χ0n) is 15.9. The molecule has 142 valence electrons. The van der Waals surface area contributed by atoms with Gasteiger partial charge in [-0.3, -0.25) is 9.59 Å². The van der Waals surface area contributed by atoms with Gasteiger partial charge in [-0.05, 0) is 30.5 Å². The number of carbonyl (C=O) groups excluding carboxylic acids is 2. The highest BCUT2D eigenvalue weighted by Gasteiger charge is 2.26. The maximum absolute atomic E-state index is 12.4. The van der Waals surface area contributed by atoms with Gasteiger partial charge < -0.3 is 16.4 Å². The predicted octanol–water partition coefficient (Wildman–Crippen LogP) is 3.02. The number of amides is 2. The van der Waals surface area contributed by atoms with Gasteiger partial charge in [0, 0.05) is 24.1 Å². The second-order valence-corrected chi connectivity index (χ2v) is 7.28. The molecular formula is C19H32ClN3O2. The molecule has 0 aliphatic carbocycles. The summed E-state index contributed by atoms with van der Waals surface area (Å²) < 4.78 is 0. The maximum Gasteiger partial charge on any atom is 0.251 e. The van der Waals surface area contributed by atoms with Crippen molar-refractivity contribution in [2.45, 2.75) is 59.5 Å². The van der Waals surface area contributed by atoms with Crippen LogP contribution in [0.25, 0.3) is 0 Å². The lowest BCUT2D eigenvalue weighted by Crippen LogP contribution is -2.52. The third kappa shape index (κ3) is 6.67. The highest BCUT2D eigenvalue weighted by atomic mass is 35.5. The predicted molar refractivity (Wildman–Crippen MR) is 105 cm³/mol. The number of carbonyl (C=O) groups is 2. The van der Waals surface area contributed by atoms with Gasteiger partial charge in [0.15, 0.2) is 0 Å². The highest BCUT2D eigenvalue weighted by Crippen LogP contribution is 2.15. The first-order chi connectivity index (χ1) is 11.2. The molecule has 0 heterocycles. The van der Waals surface area contributed by atoms with Crippen molar-refractivity contribution < 1.29 is 9.59 Å². The number of nitrogens with one attached hydrogen (secondary N) is 2. The van der Waals surface area contributed by atoms with Crippen molar-refractivity contribution in [1.82, 2.24) is 10.6 Å². The van der Waals surface area contributed by atoms with E-state index >= 15 is 0 Å². The van der Waals surface area contributed by atoms with Gasteiger partial charge in [0.25, 0.3) is 5.91 Å². The average molecular weight is 370 g/mol. The molecule has 25 heavy (non-hydrogen) atoms. The zero-order valence-corrected chi connectivity index (χ0v) is 16.8. The molecule has 0 bridgehead atoms. The van der Waals surface area contributed by atoms with E-state index in [1.165, 1.54) is 0 Å². The number of benzene rings is 1. The molecule has 0 saturated heterocycles. The molecule has 0 saturated carbocycles. The maximum atomic E-state index is 12.4. The number of nitrogens with two attached hydrogens (primary N) is 1. The molecule has 0 atom stereocenters. The molecule has 2 amide bonds. The minimum Gasteiger partial charge on any atom is -0.352 e. The van der Waals surface area contributed by atoms with E-state index in [0.717, 1.165) is 18.4 Å². The van der Waals surface area contributed by atoms with Crippen molar-refractivity contribution in [1.29, 1.82) is 0 Å². The van der Waals surface area contributed by atoms with Gasteiger partial charge in [-0.1, -0.05) is 46.8 Å². The van der Waals surface area contributed by atoms with E-state index in [-0.39, 0.29) is 29.8 Å². The fraction of sp³-hybridized carbons (Fsp3) is 0.579. The van der Waals surface area contributed by atoms with Crippen molar-refractivity contribution in [2.24, 2.45) is 11.1 Å². The van der Waals surface area contributed by atoms with E-state index in [9.17, 15) is 9.59 Å². The number of rotatable bonds is 7. The van der Waals surface area contributed by atoms with Crippen LogP contribution in [0.4, 0.5) is 0 Å². The SMILES string of the molecule is CCC(CC)(CN)NC(=O)c1ccc(CNC(=O)C(C)(C)C)cc1.Cl. The van der Waals surface area contributed by atoms with E-state index in [1.54, 1.807) is 12.1 Å². The van der Waals surface area contributed by atoms with Crippen molar-refractivity contribution in [3.63, 3.8) is 0 Å². The number of hydrogen-bond acceptors (Lipinski definition) is 3. The molecule has 1 rings (SSSR count). The van der Waals surface area contributed by atoms with Crippen molar-refractivity contribution in [3.8, 4) is 0 Å². The molecule has 0 aromatic heterocycles. The van der Waals surface area contributed by atoms with Crippen LogP contribution in [0.1, 0.15) is 63.4 Å². The molecule has 0 aliphatic rings. The van der Waals surface area contributed by atoms with Crippen LogP contribution in [0.5, 0.6) is 0 Å². The number of halogens is 1. The normalized spacial score (nSPS) is 11.4. The van der Waals surface area contributed by atoms with Crippen LogP contribution < -0.4 is 16.4 Å². The second kappa shape index (κ2) is 9.78. The van der Waals surface area contributed by atoms with Gasteiger partial charge in [-0.15, -0.1) is 12.4 Å². The summed E-state index contributed by atoms with van der Waals surface area (Å²) >= 11 is 0. The monoisotopic (exact) mass is 369 g/mol. The van der Waals surface area contributed by atoms with Crippen molar-refractivity contribution in [3.05, 3.63) is 35.4 Å². The Labute approximate surface area is 157 Å². The lowest BCUT2D eigenvalue weighted by atomic mass is 9.92. The lowest BCUT2D eigenvalue weighted by molar-refractivity contribution is -0.128. The van der Waals surface area contributed by atoms with Crippen molar-refractivity contribution in [2.75, 3.05) is 6.54 Å². The molecule has 1 aromatic carbocycles. The summed E-state index contributed by atoms with van der Waals surface area (Å²) in [4.78, 5) is 24.3. The summed E-state index contributed by atoms with van der Waals surface area (Å²) in [6.07, 6.45) is 1.59. The van der Waals surface area contributed by atoms with Gasteiger partial charge in [-0.2, -0.15) is 0 Å². The van der Waals surface area contributed by atoms with Crippen LogP contribution >= 0.6 is 12.4 Å². The Bertz CT molecular complexity index is 553. The summed E-state index contributed by atoms with van der Waals surface area (Å²) in [5.74, 6) is -0.114. The average Bonchev–Trinajstić information content (AvgIpc) is 2.57. The Balaban J connectivity index is 0.00000576. The van der Waals surface area contributed by atoms with Crippen LogP contribution in [0.15, 0.2) is 24.3 Å². The van der Waals surface area contributed by atoms with Gasteiger partial charge >= 0.3 is 0 Å². The third-order valence-corrected chi connectivity index (χ3v) is 4.47. The summed E-state index contributed by atoms with van der Waals surface area (Å²) in [5, 5.41) is 5.95. The van der Waals surface area contributed by atoms with Gasteiger partial charge in [0.1, 0.15) is 0 Å². The number of hydrogen-bond donors (Lipinski definition) is 3. The van der Waals surface area contributed by atoms with Crippen LogP contribution in [0.2, 0.25) is 0 Å². The van der Waals surface area contributed by atoms with E-state index in [1.807, 2.05) is 46.8 Å². The van der Waals surface area contributed by atoms with E-state index in [4.69, 9.17) is 5.73 Å². The summed E-state index contributed by atoms with van der Waals surface area (Å²) in [5.41, 5.74) is 6.62. The van der Waals surface area contributed by atoms with Gasteiger partial charge in [0.05, 0.1) is 5.54 Å². The molecule has 0 fully saturated rings. The Morgan fingerprint density at radius 3 is 1.96 bits per heavy atom. The fourth-order valence-corrected chi connectivity index (χ4v) is 2.30. The molecule has 0 spiro atoms. The minimum absolute atomic E-state index is 0. The fourth-order valence-electron chi connectivity index (χ4n) is 2.30. The van der Waals surface area contributed by atoms with Gasteiger partial charge in [-0.25, -0.2) is 0 Å². The van der Waals surface area contributed by atoms with Crippen LogP contribution in [-0.2, 0) is 11.3 Å². The smallest absolute Gasteiger partial charge is 0.251 e. The largest absolute Gasteiger partial charge is 0.352 e. The molecule has 1 aromatic rings. The van der Waals surface area contributed by atoms with Gasteiger partial charge in [0.2, 0.25) is 5.91 Å². The van der Waals surface area contributed by atoms with E-state index < -0.39 is 5.41 Å². The van der Waals surface area contributed by atoms with E-state index in [0.29, 0.717) is 18.7 Å². The Morgan fingerprint density at radius 1 is 1.04 bits per heavy atom. The molecule has 5 nitrogen and oxygen atoms in total. The summed E-state index contributed by atoms with van der Waals surface area (Å²) in [6.45, 7) is 10.6. The Morgan fingerprint density at radius 2 is 1.56 bits per heavy atom. The first-order valence-corrected chi connectivity index (χ1v) is 8.57. The zero-order chi connectivity index (χ0) is 18.4. The molecule has 0 radical (unpaired) electrons.